The fraction of sp³-hybridized carbons (Fsp3) is 0.250. The summed E-state index contributed by atoms with van der Waals surface area (Å²) in [4.78, 5) is 83.1. The van der Waals surface area contributed by atoms with Crippen LogP contribution in [0.1, 0.15) is 52.8 Å². The van der Waals surface area contributed by atoms with Crippen LogP contribution in [0.3, 0.4) is 0 Å². The summed E-state index contributed by atoms with van der Waals surface area (Å²) in [6.07, 6.45) is 0.777. The number of halogens is 2. The minimum atomic E-state index is -1.56. The average molecular weight is 697 g/mol. The number of pyridine rings is 2. The van der Waals surface area contributed by atoms with E-state index in [0.717, 1.165) is 47.8 Å². The summed E-state index contributed by atoms with van der Waals surface area (Å²) in [7, 11) is 0. The predicted octanol–water partition coefficient (Wildman–Crippen LogP) is 2.86. The van der Waals surface area contributed by atoms with Crippen LogP contribution in [0.5, 0.6) is 11.6 Å². The van der Waals surface area contributed by atoms with Crippen molar-refractivity contribution in [1.29, 1.82) is 0 Å². The number of rotatable bonds is 10. The zero-order valence-electron chi connectivity index (χ0n) is 25.7. The maximum Gasteiger partial charge on any atom is 0.345 e. The Labute approximate surface area is 280 Å². The van der Waals surface area contributed by atoms with Gasteiger partial charge in [-0.25, -0.2) is 14.6 Å². The fourth-order valence-electron chi connectivity index (χ4n) is 4.74. The van der Waals surface area contributed by atoms with Crippen molar-refractivity contribution >= 4 is 35.4 Å². The molecule has 15 nitrogen and oxygen atoms in total. The van der Waals surface area contributed by atoms with E-state index in [-0.39, 0.29) is 46.4 Å². The van der Waals surface area contributed by atoms with E-state index in [1.54, 1.807) is 0 Å². The molecule has 1 aromatic carbocycles. The molecule has 1 saturated heterocycles. The van der Waals surface area contributed by atoms with E-state index >= 15 is 4.39 Å². The third-order valence-electron chi connectivity index (χ3n) is 6.99. The van der Waals surface area contributed by atoms with Crippen molar-refractivity contribution in [3.05, 3.63) is 116 Å². The Kier molecular flexibility index (Phi) is 10.7. The smallest absolute Gasteiger partial charge is 0.345 e. The molecular formula is C32H26ClFN4O11. The van der Waals surface area contributed by atoms with Crippen LogP contribution in [0.2, 0.25) is 5.02 Å². The maximum atomic E-state index is 15.0. The van der Waals surface area contributed by atoms with Gasteiger partial charge in [0.25, 0.3) is 11.5 Å². The molecule has 0 saturated carbocycles. The normalized spacial score (nSPS) is 16.9. The highest BCUT2D eigenvalue weighted by Gasteiger charge is 2.39. The van der Waals surface area contributed by atoms with Crippen molar-refractivity contribution in [3.8, 4) is 11.6 Å². The number of esters is 3. The van der Waals surface area contributed by atoms with Crippen LogP contribution in [0.4, 0.5) is 4.39 Å². The topological polar surface area (TPSA) is 184 Å². The Bertz CT molecular complexity index is 2040. The number of hydrogen-bond donors (Lipinski definition) is 0. The molecular weight excluding hydrogens is 671 g/mol. The van der Waals surface area contributed by atoms with Crippen LogP contribution < -0.4 is 20.7 Å². The van der Waals surface area contributed by atoms with Gasteiger partial charge in [0.05, 0.1) is 36.2 Å². The molecule has 3 atom stereocenters. The monoisotopic (exact) mass is 696 g/mol. The largest absolute Gasteiger partial charge is 0.463 e. The summed E-state index contributed by atoms with van der Waals surface area (Å²) in [5, 5.41) is -0.117. The molecule has 0 spiro atoms. The highest BCUT2D eigenvalue weighted by atomic mass is 35.5. The molecule has 0 N–H and O–H groups in total. The lowest BCUT2D eigenvalue weighted by molar-refractivity contribution is -0.148. The molecule has 4 heterocycles. The fourth-order valence-corrected chi connectivity index (χ4v) is 4.88. The van der Waals surface area contributed by atoms with E-state index in [1.807, 2.05) is 30.3 Å². The van der Waals surface area contributed by atoms with Gasteiger partial charge in [-0.3, -0.25) is 28.7 Å². The summed E-state index contributed by atoms with van der Waals surface area (Å²) < 4.78 is 42.9. The van der Waals surface area contributed by atoms with Gasteiger partial charge in [0, 0.05) is 38.7 Å². The second-order valence-electron chi connectivity index (χ2n) is 10.5. The standard InChI is InChI=1S/C32H26ClFN4O11/c1-17(39)45-16-26-25(46-15-19-6-4-3-5-7-19)10-28(48-26)37-14-23(34)30(42)38(32(37)44)29(41)20-8-21(12-35-11-20)31(43)49-24-9-27(47-18(2)40)36-13-22(24)33/h3-9,11-14,25-26,28H,10,15-16H2,1-2H3/t25-,26+,28+/m0/s1. The van der Waals surface area contributed by atoms with Gasteiger partial charge >= 0.3 is 23.6 Å². The van der Waals surface area contributed by atoms with Crippen LogP contribution in [0.25, 0.3) is 0 Å². The highest BCUT2D eigenvalue weighted by molar-refractivity contribution is 6.32. The molecule has 4 aromatic rings. The quantitative estimate of drug-likeness (QED) is 0.221. The third kappa shape index (κ3) is 8.29. The van der Waals surface area contributed by atoms with Crippen LogP contribution in [-0.4, -0.2) is 61.7 Å². The number of nitrogens with zero attached hydrogens (tertiary/aromatic N) is 4. The zero-order valence-corrected chi connectivity index (χ0v) is 26.5. The van der Waals surface area contributed by atoms with Crippen LogP contribution in [0.15, 0.2) is 76.8 Å². The lowest BCUT2D eigenvalue weighted by atomic mass is 10.1. The van der Waals surface area contributed by atoms with Gasteiger partial charge in [0.2, 0.25) is 11.7 Å². The second kappa shape index (κ2) is 15.1. The molecule has 0 bridgehead atoms. The third-order valence-corrected chi connectivity index (χ3v) is 7.27. The Morgan fingerprint density at radius 1 is 1.00 bits per heavy atom. The first-order valence-corrected chi connectivity index (χ1v) is 14.8. The van der Waals surface area contributed by atoms with Gasteiger partial charge in [0.1, 0.15) is 24.0 Å². The molecule has 1 fully saturated rings. The Balaban J connectivity index is 1.40. The highest BCUT2D eigenvalue weighted by Crippen LogP contribution is 2.31. The van der Waals surface area contributed by atoms with Crippen LogP contribution >= 0.6 is 11.6 Å². The first-order valence-electron chi connectivity index (χ1n) is 14.4. The number of hydrogen-bond acceptors (Lipinski definition) is 13. The van der Waals surface area contributed by atoms with Crippen LogP contribution in [0, 0.1) is 5.82 Å². The van der Waals surface area contributed by atoms with Crippen LogP contribution in [-0.2, 0) is 30.4 Å². The van der Waals surface area contributed by atoms with Crippen molar-refractivity contribution < 1.29 is 47.3 Å². The van der Waals surface area contributed by atoms with Gasteiger partial charge in [-0.15, -0.1) is 0 Å². The lowest BCUT2D eigenvalue weighted by Crippen LogP contribution is -2.46. The van der Waals surface area contributed by atoms with Crippen molar-refractivity contribution in [2.24, 2.45) is 0 Å². The minimum Gasteiger partial charge on any atom is -0.463 e. The van der Waals surface area contributed by atoms with Gasteiger partial charge in [-0.05, 0) is 11.6 Å². The number of carbonyl (C=O) groups excluding carboxylic acids is 4. The first-order chi connectivity index (χ1) is 23.4. The molecule has 5 rings (SSSR count). The Morgan fingerprint density at radius 3 is 2.45 bits per heavy atom. The van der Waals surface area contributed by atoms with Gasteiger partial charge in [-0.1, -0.05) is 41.9 Å². The molecule has 17 heteroatoms. The molecule has 0 aliphatic carbocycles. The second-order valence-corrected chi connectivity index (χ2v) is 10.9. The summed E-state index contributed by atoms with van der Waals surface area (Å²) in [5.74, 6) is -5.57. The molecule has 0 unspecified atom stereocenters. The SMILES string of the molecule is CC(=O)OC[C@H]1O[C@@H](n2cc(F)c(=O)n(C(=O)c3cncc(C(=O)Oc4cc(OC(C)=O)ncc4Cl)c3)c2=O)C[C@@H]1OCc1ccccc1. The van der Waals surface area contributed by atoms with E-state index in [9.17, 15) is 28.8 Å². The van der Waals surface area contributed by atoms with Crippen molar-refractivity contribution in [1.82, 2.24) is 19.1 Å². The molecule has 49 heavy (non-hydrogen) atoms. The summed E-state index contributed by atoms with van der Waals surface area (Å²) in [5.41, 5.74) is -2.76. The lowest BCUT2D eigenvalue weighted by Gasteiger charge is -2.18. The predicted molar refractivity (Wildman–Crippen MR) is 165 cm³/mol. The molecule has 1 aliphatic rings. The van der Waals surface area contributed by atoms with E-state index in [4.69, 9.17) is 35.3 Å². The first kappa shape index (κ1) is 34.7. The van der Waals surface area contributed by atoms with Crippen molar-refractivity contribution in [2.45, 2.75) is 45.3 Å². The van der Waals surface area contributed by atoms with E-state index in [1.165, 1.54) is 6.92 Å². The molecule has 0 radical (unpaired) electrons. The van der Waals surface area contributed by atoms with E-state index in [0.29, 0.717) is 6.20 Å². The van der Waals surface area contributed by atoms with Gasteiger partial charge < -0.3 is 23.7 Å². The Hall–Kier alpha value is -5.58. The molecule has 3 aromatic heterocycles. The minimum absolute atomic E-state index is 0.0369. The number of aromatic nitrogens is 4. The van der Waals surface area contributed by atoms with Crippen molar-refractivity contribution in [3.63, 3.8) is 0 Å². The zero-order chi connectivity index (χ0) is 35.2. The summed E-state index contributed by atoms with van der Waals surface area (Å²) in [6, 6.07) is 11.2. The number of carbonyl (C=O) groups is 4. The van der Waals surface area contributed by atoms with E-state index in [2.05, 4.69) is 9.97 Å². The van der Waals surface area contributed by atoms with Gasteiger partial charge in [0.15, 0.2) is 5.75 Å². The summed E-state index contributed by atoms with van der Waals surface area (Å²) >= 11 is 6.04. The summed E-state index contributed by atoms with van der Waals surface area (Å²) in [6.45, 7) is 2.24. The maximum absolute atomic E-state index is 15.0. The Morgan fingerprint density at radius 2 is 1.73 bits per heavy atom. The van der Waals surface area contributed by atoms with Gasteiger partial charge in [-0.2, -0.15) is 8.96 Å². The number of benzene rings is 1. The molecule has 0 amide bonds. The number of ether oxygens (including phenoxy) is 5. The molecule has 1 aliphatic heterocycles. The molecule has 254 valence electrons. The average Bonchev–Trinajstić information content (AvgIpc) is 3.49. The van der Waals surface area contributed by atoms with E-state index < -0.39 is 64.9 Å². The van der Waals surface area contributed by atoms with Crippen molar-refractivity contribution in [2.75, 3.05) is 6.61 Å².